The van der Waals surface area contributed by atoms with Crippen molar-refractivity contribution < 1.29 is 37.0 Å². The second kappa shape index (κ2) is 12.9. The number of thiazole rings is 1. The molecule has 2 N–H and O–H groups in total. The van der Waals surface area contributed by atoms with E-state index in [0.29, 0.717) is 30.1 Å². The molecule has 6 rings (SSSR count). The van der Waals surface area contributed by atoms with Crippen molar-refractivity contribution in [1.29, 1.82) is 0 Å². The Bertz CT molecular complexity index is 1590. The minimum atomic E-state index is -4.48. The number of anilines is 1. The van der Waals surface area contributed by atoms with Gasteiger partial charge >= 0.3 is 12.1 Å². The number of amides is 2. The number of halogens is 3. The number of rotatable bonds is 5. The van der Waals surface area contributed by atoms with Crippen molar-refractivity contribution in [2.24, 2.45) is 5.92 Å². The van der Waals surface area contributed by atoms with Crippen molar-refractivity contribution in [2.45, 2.75) is 74.8 Å². The Balaban J connectivity index is 1.29. The van der Waals surface area contributed by atoms with Crippen molar-refractivity contribution in [3.63, 3.8) is 0 Å². The average molecular weight is 657 g/mol. The van der Waals surface area contributed by atoms with Crippen molar-refractivity contribution in [2.75, 3.05) is 19.0 Å². The summed E-state index contributed by atoms with van der Waals surface area (Å²) in [5.74, 6) is -1.63. The normalized spacial score (nSPS) is 27.9. The molecular formula is C33H35F3N4O5S. The van der Waals surface area contributed by atoms with Crippen LogP contribution in [0.1, 0.15) is 50.5 Å². The number of carbonyl (C=O) groups excluding carboxylic acids is 3. The van der Waals surface area contributed by atoms with E-state index in [9.17, 15) is 27.6 Å². The number of fused-ring (bicyclic) bond motifs is 3. The highest BCUT2D eigenvalue weighted by Crippen LogP contribution is 2.46. The van der Waals surface area contributed by atoms with Gasteiger partial charge in [0.25, 0.3) is 5.19 Å². The Morgan fingerprint density at radius 1 is 1.11 bits per heavy atom. The van der Waals surface area contributed by atoms with Crippen molar-refractivity contribution in [1.82, 2.24) is 15.2 Å². The topological polar surface area (TPSA) is 110 Å². The van der Waals surface area contributed by atoms with E-state index in [1.165, 1.54) is 35.5 Å². The number of para-hydroxylation sites is 1. The van der Waals surface area contributed by atoms with E-state index in [2.05, 4.69) is 15.6 Å². The second-order valence-electron chi connectivity index (χ2n) is 12.0. The number of allylic oxidation sites excluding steroid dienone is 1. The Labute approximate surface area is 268 Å². The smallest absolute Gasteiger partial charge is 0.416 e. The zero-order chi connectivity index (χ0) is 32.5. The van der Waals surface area contributed by atoms with Crippen LogP contribution >= 0.6 is 11.3 Å². The van der Waals surface area contributed by atoms with E-state index in [0.717, 1.165) is 41.6 Å². The van der Waals surface area contributed by atoms with Crippen molar-refractivity contribution in [3.8, 4) is 5.19 Å². The number of hydrogen-bond donors (Lipinski definition) is 2. The van der Waals surface area contributed by atoms with Gasteiger partial charge in [-0.25, -0.2) is 9.78 Å². The number of alkyl halides is 3. The maximum Gasteiger partial charge on any atom is 0.416 e. The molecule has 0 bridgehead atoms. The Morgan fingerprint density at radius 3 is 2.63 bits per heavy atom. The second-order valence-corrected chi connectivity index (χ2v) is 13.0. The molecule has 9 nitrogen and oxygen atoms in total. The molecule has 0 spiro atoms. The number of methoxy groups -OCH3 is 1. The van der Waals surface area contributed by atoms with Gasteiger partial charge in [0.05, 0.1) is 29.4 Å². The van der Waals surface area contributed by atoms with Crippen LogP contribution < -0.4 is 15.4 Å². The van der Waals surface area contributed by atoms with Gasteiger partial charge in [-0.2, -0.15) is 13.2 Å². The fourth-order valence-electron chi connectivity index (χ4n) is 6.32. The first-order valence-electron chi connectivity index (χ1n) is 15.4. The van der Waals surface area contributed by atoms with Gasteiger partial charge in [0, 0.05) is 18.0 Å². The molecule has 1 saturated heterocycles. The summed E-state index contributed by atoms with van der Waals surface area (Å²) in [6.07, 6.45) is 3.01. The first kappa shape index (κ1) is 31.8. The van der Waals surface area contributed by atoms with Crippen molar-refractivity contribution in [3.05, 3.63) is 66.2 Å². The molecule has 2 aliphatic heterocycles. The highest BCUT2D eigenvalue weighted by molar-refractivity contribution is 7.20. The minimum Gasteiger partial charge on any atom is -0.467 e. The Morgan fingerprint density at radius 2 is 1.89 bits per heavy atom. The largest absolute Gasteiger partial charge is 0.467 e. The molecule has 0 unspecified atom stereocenters. The first-order chi connectivity index (χ1) is 22.1. The number of nitrogens with zero attached hydrogens (tertiary/aromatic N) is 2. The zero-order valence-electron chi connectivity index (χ0n) is 25.2. The molecule has 2 aromatic carbocycles. The van der Waals surface area contributed by atoms with Gasteiger partial charge in [-0.15, -0.1) is 0 Å². The third-order valence-electron chi connectivity index (χ3n) is 8.88. The number of benzene rings is 2. The van der Waals surface area contributed by atoms with E-state index in [4.69, 9.17) is 9.47 Å². The van der Waals surface area contributed by atoms with E-state index in [1.54, 1.807) is 0 Å². The van der Waals surface area contributed by atoms with Crippen LogP contribution in [0.25, 0.3) is 10.2 Å². The molecule has 13 heteroatoms. The van der Waals surface area contributed by atoms with Crippen LogP contribution in [0.15, 0.2) is 60.7 Å². The number of hydrogen-bond acceptors (Lipinski definition) is 8. The molecule has 3 aromatic rings. The summed E-state index contributed by atoms with van der Waals surface area (Å²) in [5, 5.41) is 6.47. The molecule has 1 saturated carbocycles. The minimum absolute atomic E-state index is 0.0899. The Hall–Kier alpha value is -4.13. The third-order valence-corrected chi connectivity index (χ3v) is 9.81. The average Bonchev–Trinajstić information content (AvgIpc) is 3.34. The van der Waals surface area contributed by atoms with Crippen molar-refractivity contribution >= 4 is 45.0 Å². The van der Waals surface area contributed by atoms with E-state index < -0.39 is 47.3 Å². The van der Waals surface area contributed by atoms with E-state index in [-0.39, 0.29) is 24.8 Å². The van der Waals surface area contributed by atoms with Gasteiger partial charge in [-0.05, 0) is 62.1 Å². The number of nitrogens with one attached hydrogen (secondary N) is 2. The highest BCUT2D eigenvalue weighted by atomic mass is 32.1. The summed E-state index contributed by atoms with van der Waals surface area (Å²) in [6.45, 7) is 0.0899. The van der Waals surface area contributed by atoms with Gasteiger partial charge in [0.1, 0.15) is 23.7 Å². The van der Waals surface area contributed by atoms with Crippen LogP contribution in [0.4, 0.5) is 18.9 Å². The van der Waals surface area contributed by atoms with Crippen LogP contribution in [-0.4, -0.2) is 65.0 Å². The zero-order valence-corrected chi connectivity index (χ0v) is 26.0. The summed E-state index contributed by atoms with van der Waals surface area (Å²) in [5.41, 5.74) is -0.859. The molecule has 1 aliphatic carbocycles. The Kier molecular flexibility index (Phi) is 8.95. The maximum absolute atomic E-state index is 14.3. The quantitative estimate of drug-likeness (QED) is 0.268. The molecule has 0 radical (unpaired) electrons. The summed E-state index contributed by atoms with van der Waals surface area (Å²) in [7, 11) is 1.28. The predicted molar refractivity (Wildman–Crippen MR) is 166 cm³/mol. The van der Waals surface area contributed by atoms with Crippen LogP contribution in [0.3, 0.4) is 0 Å². The SMILES string of the molecule is COC(=O)[C@@]12C[C@H]1/C=C\CCCCC[C@H](Nc1ccc(C(F)(F)F)cc1)C(=O)N1C[C@H](Oc3nc4ccccc4s3)C[C@H]1C(=O)N2. The van der Waals surface area contributed by atoms with Gasteiger partial charge in [0.2, 0.25) is 11.8 Å². The summed E-state index contributed by atoms with van der Waals surface area (Å²) < 4.78 is 51.8. The van der Waals surface area contributed by atoms with Gasteiger partial charge in [-0.1, -0.05) is 48.5 Å². The number of aromatic nitrogens is 1. The number of ether oxygens (including phenoxy) is 2. The first-order valence-corrected chi connectivity index (χ1v) is 16.2. The fourth-order valence-corrected chi connectivity index (χ4v) is 7.20. The molecule has 2 fully saturated rings. The molecule has 3 heterocycles. The predicted octanol–water partition coefficient (Wildman–Crippen LogP) is 5.71. The molecule has 5 atom stereocenters. The van der Waals surface area contributed by atoms with Crippen LogP contribution in [0.2, 0.25) is 0 Å². The highest BCUT2D eigenvalue weighted by Gasteiger charge is 2.62. The van der Waals surface area contributed by atoms with Gasteiger partial charge in [-0.3, -0.25) is 9.59 Å². The van der Waals surface area contributed by atoms with Gasteiger partial charge < -0.3 is 25.0 Å². The van der Waals surface area contributed by atoms with E-state index in [1.807, 2.05) is 36.4 Å². The maximum atomic E-state index is 14.3. The summed E-state index contributed by atoms with van der Waals surface area (Å²) >= 11 is 1.37. The fraction of sp³-hybridized carbons (Fsp3) is 0.455. The molecule has 3 aliphatic rings. The summed E-state index contributed by atoms with van der Waals surface area (Å²) in [6, 6.07) is 10.4. The lowest BCUT2D eigenvalue weighted by atomic mass is 10.0. The van der Waals surface area contributed by atoms with Crippen LogP contribution in [0, 0.1) is 5.92 Å². The lowest BCUT2D eigenvalue weighted by Gasteiger charge is -2.30. The number of esters is 1. The lowest BCUT2D eigenvalue weighted by Crippen LogP contribution is -2.55. The van der Waals surface area contributed by atoms with Gasteiger partial charge in [0.15, 0.2) is 0 Å². The van der Waals surface area contributed by atoms with Crippen LogP contribution in [-0.2, 0) is 25.3 Å². The monoisotopic (exact) mass is 656 g/mol. The molecule has 46 heavy (non-hydrogen) atoms. The molecule has 2 amide bonds. The standard InChI is InChI=1S/C33H35F3N4O5S/c1-44-30(43)32-18-21(32)9-5-3-2-4-6-11-25(37-22-15-13-20(14-16-22)33(34,35)36)29(42)40-19-23(17-26(40)28(41)39-32)45-31-38-24-10-7-8-12-27(24)46-31/h5,7-10,12-16,21,23,25-26,37H,2-4,6,11,17-19H2,1H3,(H,39,41)/b9-5-/t21-,23-,25+,26+,32-/m1/s1. The molecule has 244 valence electrons. The van der Waals surface area contributed by atoms with E-state index >= 15 is 0 Å². The lowest BCUT2D eigenvalue weighted by molar-refractivity contribution is -0.148. The van der Waals surface area contributed by atoms with Crippen LogP contribution in [0.5, 0.6) is 5.19 Å². The summed E-state index contributed by atoms with van der Waals surface area (Å²) in [4.78, 5) is 47.1. The third kappa shape index (κ3) is 6.69. The number of carbonyl (C=O) groups is 3. The molecular weight excluding hydrogens is 621 g/mol. The molecule has 1 aromatic heterocycles.